The lowest BCUT2D eigenvalue weighted by atomic mass is 10.1. The molecule has 1 atom stereocenters. The summed E-state index contributed by atoms with van der Waals surface area (Å²) in [5, 5.41) is 7.36. The molecule has 152 valence electrons. The van der Waals surface area contributed by atoms with Crippen LogP contribution in [-0.2, 0) is 6.18 Å². The number of hydrogen-bond donors (Lipinski definition) is 1. The van der Waals surface area contributed by atoms with Crippen molar-refractivity contribution in [1.82, 2.24) is 24.8 Å². The number of hydrogen-bond acceptors (Lipinski definition) is 4. The standard InChI is InChI=1S/C19H17F4N5O/c1-11-9-27(7-6-24-11)18(29)16-10-28-17(25-16)14(19(21,22)23)8-15(26-28)12-2-4-13(20)5-3-12/h2-5,8,10-11,24H,6-7,9H2,1H3. The summed E-state index contributed by atoms with van der Waals surface area (Å²) in [5.74, 6) is -0.952. The maximum atomic E-state index is 13.6. The minimum Gasteiger partial charge on any atom is -0.334 e. The van der Waals surface area contributed by atoms with Crippen LogP contribution in [0.4, 0.5) is 17.6 Å². The van der Waals surface area contributed by atoms with Crippen molar-refractivity contribution < 1.29 is 22.4 Å². The molecule has 1 aliphatic rings. The number of aromatic nitrogens is 3. The highest BCUT2D eigenvalue weighted by Crippen LogP contribution is 2.34. The fourth-order valence-electron chi connectivity index (χ4n) is 3.33. The van der Waals surface area contributed by atoms with Gasteiger partial charge in [0.05, 0.1) is 11.9 Å². The van der Waals surface area contributed by atoms with E-state index in [2.05, 4.69) is 15.4 Å². The summed E-state index contributed by atoms with van der Waals surface area (Å²) in [6.45, 7) is 3.40. The van der Waals surface area contributed by atoms with Gasteiger partial charge in [0.25, 0.3) is 5.91 Å². The van der Waals surface area contributed by atoms with Crippen molar-refractivity contribution in [3.8, 4) is 11.3 Å². The molecule has 1 amide bonds. The van der Waals surface area contributed by atoms with Crippen molar-refractivity contribution >= 4 is 11.6 Å². The smallest absolute Gasteiger partial charge is 0.334 e. The predicted octanol–water partition coefficient (Wildman–Crippen LogP) is 2.99. The van der Waals surface area contributed by atoms with Gasteiger partial charge in [0.1, 0.15) is 17.1 Å². The second-order valence-electron chi connectivity index (χ2n) is 6.95. The summed E-state index contributed by atoms with van der Waals surface area (Å²) in [5.41, 5.74) is -1.25. The normalized spacial score (nSPS) is 17.7. The molecule has 0 saturated carbocycles. The van der Waals surface area contributed by atoms with E-state index in [0.29, 0.717) is 25.2 Å². The first-order valence-electron chi connectivity index (χ1n) is 8.98. The van der Waals surface area contributed by atoms with Crippen LogP contribution in [0.5, 0.6) is 0 Å². The van der Waals surface area contributed by atoms with Gasteiger partial charge < -0.3 is 10.2 Å². The zero-order valence-corrected chi connectivity index (χ0v) is 15.4. The molecule has 0 bridgehead atoms. The molecule has 3 aromatic rings. The van der Waals surface area contributed by atoms with Crippen LogP contribution in [0.3, 0.4) is 0 Å². The lowest BCUT2D eigenvalue weighted by molar-refractivity contribution is -0.136. The van der Waals surface area contributed by atoms with E-state index in [0.717, 1.165) is 22.7 Å². The second kappa shape index (κ2) is 7.11. The summed E-state index contributed by atoms with van der Waals surface area (Å²) in [4.78, 5) is 18.2. The van der Waals surface area contributed by atoms with E-state index in [4.69, 9.17) is 0 Å². The Morgan fingerprint density at radius 1 is 1.24 bits per heavy atom. The number of amides is 1. The zero-order chi connectivity index (χ0) is 20.8. The lowest BCUT2D eigenvalue weighted by Crippen LogP contribution is -2.51. The first-order valence-corrected chi connectivity index (χ1v) is 8.98. The minimum atomic E-state index is -4.70. The molecule has 3 heterocycles. The summed E-state index contributed by atoms with van der Waals surface area (Å²) in [6, 6.07) is 5.91. The molecule has 0 spiro atoms. The number of carbonyl (C=O) groups excluding carboxylic acids is 1. The van der Waals surface area contributed by atoms with Crippen molar-refractivity contribution in [1.29, 1.82) is 0 Å². The van der Waals surface area contributed by atoms with Crippen LogP contribution < -0.4 is 5.32 Å². The number of nitrogens with one attached hydrogen (secondary N) is 1. The second-order valence-corrected chi connectivity index (χ2v) is 6.95. The van der Waals surface area contributed by atoms with Gasteiger partial charge in [0.2, 0.25) is 0 Å². The number of fused-ring (bicyclic) bond motifs is 1. The summed E-state index contributed by atoms with van der Waals surface area (Å²) < 4.78 is 55.1. The Morgan fingerprint density at radius 2 is 1.97 bits per heavy atom. The average molecular weight is 407 g/mol. The number of piperazine rings is 1. The minimum absolute atomic E-state index is 0.00276. The van der Waals surface area contributed by atoms with Gasteiger partial charge >= 0.3 is 6.18 Å². The molecule has 6 nitrogen and oxygen atoms in total. The van der Waals surface area contributed by atoms with Crippen molar-refractivity contribution in [2.75, 3.05) is 19.6 Å². The Bertz CT molecular complexity index is 1060. The average Bonchev–Trinajstić information content (AvgIpc) is 3.10. The van der Waals surface area contributed by atoms with Gasteiger partial charge in [-0.25, -0.2) is 13.9 Å². The predicted molar refractivity (Wildman–Crippen MR) is 96.8 cm³/mol. The quantitative estimate of drug-likeness (QED) is 0.664. The van der Waals surface area contributed by atoms with Crippen molar-refractivity contribution in [2.24, 2.45) is 0 Å². The molecule has 1 N–H and O–H groups in total. The highest BCUT2D eigenvalue weighted by Gasteiger charge is 2.36. The van der Waals surface area contributed by atoms with Gasteiger partial charge in [-0.2, -0.15) is 18.3 Å². The van der Waals surface area contributed by atoms with E-state index in [-0.39, 0.29) is 17.4 Å². The van der Waals surface area contributed by atoms with E-state index >= 15 is 0 Å². The molecule has 29 heavy (non-hydrogen) atoms. The van der Waals surface area contributed by atoms with Gasteiger partial charge in [-0.1, -0.05) is 0 Å². The number of alkyl halides is 3. The Hall–Kier alpha value is -3.01. The largest absolute Gasteiger partial charge is 0.420 e. The third-order valence-corrected chi connectivity index (χ3v) is 4.75. The highest BCUT2D eigenvalue weighted by molar-refractivity contribution is 5.93. The van der Waals surface area contributed by atoms with Gasteiger partial charge in [0.15, 0.2) is 5.65 Å². The van der Waals surface area contributed by atoms with Gasteiger partial charge in [-0.05, 0) is 37.3 Å². The summed E-state index contributed by atoms with van der Waals surface area (Å²) in [6.07, 6.45) is -3.50. The fraction of sp³-hybridized carbons (Fsp3) is 0.316. The number of nitrogens with zero attached hydrogens (tertiary/aromatic N) is 4. The Kier molecular flexibility index (Phi) is 4.73. The van der Waals surface area contributed by atoms with E-state index < -0.39 is 29.1 Å². The Labute approximate surface area is 163 Å². The van der Waals surface area contributed by atoms with E-state index in [1.54, 1.807) is 4.90 Å². The monoisotopic (exact) mass is 407 g/mol. The Balaban J connectivity index is 1.80. The third kappa shape index (κ3) is 3.80. The molecule has 2 aromatic heterocycles. The summed E-state index contributed by atoms with van der Waals surface area (Å²) in [7, 11) is 0. The molecular weight excluding hydrogens is 390 g/mol. The Morgan fingerprint density at radius 3 is 2.62 bits per heavy atom. The van der Waals surface area contributed by atoms with Crippen LogP contribution in [0.15, 0.2) is 36.5 Å². The van der Waals surface area contributed by atoms with Gasteiger partial charge in [-0.3, -0.25) is 4.79 Å². The number of halogens is 4. The topological polar surface area (TPSA) is 62.5 Å². The van der Waals surface area contributed by atoms with Crippen molar-refractivity contribution in [3.05, 3.63) is 53.6 Å². The molecule has 10 heteroatoms. The van der Waals surface area contributed by atoms with E-state index in [9.17, 15) is 22.4 Å². The van der Waals surface area contributed by atoms with Crippen LogP contribution in [0.2, 0.25) is 0 Å². The van der Waals surface area contributed by atoms with Gasteiger partial charge in [-0.15, -0.1) is 0 Å². The zero-order valence-electron chi connectivity index (χ0n) is 15.4. The fourth-order valence-corrected chi connectivity index (χ4v) is 3.33. The third-order valence-electron chi connectivity index (χ3n) is 4.75. The maximum absolute atomic E-state index is 13.6. The number of benzene rings is 1. The maximum Gasteiger partial charge on any atom is 0.420 e. The SMILES string of the molecule is CC1CN(C(=O)c2cn3nc(-c4ccc(F)cc4)cc(C(F)(F)F)c3n2)CCN1. The van der Waals surface area contributed by atoms with Crippen LogP contribution in [-0.4, -0.2) is 51.1 Å². The number of imidazole rings is 1. The molecule has 1 aromatic carbocycles. The van der Waals surface area contributed by atoms with Gasteiger partial charge in [0, 0.05) is 31.2 Å². The summed E-state index contributed by atoms with van der Waals surface area (Å²) >= 11 is 0. The van der Waals surface area contributed by atoms with Crippen LogP contribution in [0, 0.1) is 5.82 Å². The van der Waals surface area contributed by atoms with E-state index in [1.165, 1.54) is 18.3 Å². The van der Waals surface area contributed by atoms with Crippen LogP contribution in [0.25, 0.3) is 16.9 Å². The van der Waals surface area contributed by atoms with Crippen LogP contribution >= 0.6 is 0 Å². The molecule has 1 unspecified atom stereocenters. The molecule has 1 saturated heterocycles. The first kappa shape index (κ1) is 19.3. The highest BCUT2D eigenvalue weighted by atomic mass is 19.4. The molecular formula is C19H17F4N5O. The van der Waals surface area contributed by atoms with E-state index in [1.807, 2.05) is 6.92 Å². The molecule has 4 rings (SSSR count). The molecule has 0 aliphatic carbocycles. The number of rotatable bonds is 2. The first-order chi connectivity index (χ1) is 13.7. The molecule has 1 aliphatic heterocycles. The molecule has 0 radical (unpaired) electrons. The van der Waals surface area contributed by atoms with Crippen molar-refractivity contribution in [2.45, 2.75) is 19.1 Å². The molecule has 1 fully saturated rings. The number of carbonyl (C=O) groups is 1. The van der Waals surface area contributed by atoms with Crippen molar-refractivity contribution in [3.63, 3.8) is 0 Å². The van der Waals surface area contributed by atoms with Crippen LogP contribution in [0.1, 0.15) is 23.0 Å². The lowest BCUT2D eigenvalue weighted by Gasteiger charge is -2.31.